The lowest BCUT2D eigenvalue weighted by Crippen LogP contribution is -2.16. The van der Waals surface area contributed by atoms with Gasteiger partial charge in [-0.05, 0) is 107 Å². The van der Waals surface area contributed by atoms with E-state index < -0.39 is 12.2 Å². The Bertz CT molecular complexity index is 1240. The highest BCUT2D eigenvalue weighted by atomic mass is 16.3. The molecule has 8 aliphatic rings. The van der Waals surface area contributed by atoms with Gasteiger partial charge in [0.1, 0.15) is 12.2 Å². The summed E-state index contributed by atoms with van der Waals surface area (Å²) in [5.41, 5.74) is 11.7. The molecule has 0 radical (unpaired) electrons. The number of rotatable bonds is 3. The van der Waals surface area contributed by atoms with E-state index in [4.69, 9.17) is 0 Å². The van der Waals surface area contributed by atoms with Crippen molar-refractivity contribution in [2.75, 3.05) is 0 Å². The van der Waals surface area contributed by atoms with Gasteiger partial charge in [0.05, 0.1) is 0 Å². The van der Waals surface area contributed by atoms with Crippen LogP contribution < -0.4 is 0 Å². The summed E-state index contributed by atoms with van der Waals surface area (Å²) in [5, 5.41) is 23.3. The van der Waals surface area contributed by atoms with Crippen molar-refractivity contribution in [1.29, 1.82) is 0 Å². The number of aliphatic hydroxyl groups is 2. The van der Waals surface area contributed by atoms with E-state index in [-0.39, 0.29) is 0 Å². The third-order valence-corrected chi connectivity index (χ3v) is 8.17. The van der Waals surface area contributed by atoms with Crippen LogP contribution in [0.15, 0.2) is 84.9 Å². The van der Waals surface area contributed by atoms with Crippen molar-refractivity contribution in [1.82, 2.24) is 0 Å². The highest BCUT2D eigenvalue weighted by molar-refractivity contribution is 5.41. The molecule has 12 rings (SSSR count). The monoisotopic (exact) mass is 474 g/mol. The molecular formula is C34H34O2. The zero-order chi connectivity index (χ0) is 24.5. The molecule has 0 spiro atoms. The van der Waals surface area contributed by atoms with Crippen LogP contribution in [-0.2, 0) is 51.4 Å². The minimum atomic E-state index is -0.955. The Hall–Kier alpha value is -3.20. The van der Waals surface area contributed by atoms with Crippen LogP contribution in [-0.4, -0.2) is 10.2 Å². The predicted molar refractivity (Wildman–Crippen MR) is 145 cm³/mol. The molecule has 182 valence electrons. The summed E-state index contributed by atoms with van der Waals surface area (Å²) in [6.45, 7) is 0. The van der Waals surface area contributed by atoms with Gasteiger partial charge in [0.25, 0.3) is 0 Å². The Morgan fingerprint density at radius 3 is 1.00 bits per heavy atom. The Labute approximate surface area is 214 Å². The van der Waals surface area contributed by atoms with Gasteiger partial charge in [-0.15, -0.1) is 0 Å². The fourth-order valence-corrected chi connectivity index (χ4v) is 5.83. The Morgan fingerprint density at radius 1 is 0.361 bits per heavy atom. The molecule has 4 aromatic rings. The van der Waals surface area contributed by atoms with Gasteiger partial charge in [-0.25, -0.2) is 0 Å². The lowest BCUT2D eigenvalue weighted by atomic mass is 9.85. The summed E-state index contributed by atoms with van der Waals surface area (Å²) >= 11 is 0. The first-order chi connectivity index (χ1) is 17.6. The second kappa shape index (κ2) is 10.0. The van der Waals surface area contributed by atoms with Gasteiger partial charge in [-0.2, -0.15) is 0 Å². The SMILES string of the molecule is O[C@H](c1cc2ccc1CCc1ccc(cc1)CC2)[C@@H](O)c1cc2ccc1CCc1ccc(cc1)CC2. The lowest BCUT2D eigenvalue weighted by molar-refractivity contribution is 0.0161. The molecule has 2 heteroatoms. The summed E-state index contributed by atoms with van der Waals surface area (Å²) < 4.78 is 0. The van der Waals surface area contributed by atoms with Crippen LogP contribution >= 0.6 is 0 Å². The van der Waals surface area contributed by atoms with Gasteiger partial charge in [0, 0.05) is 0 Å². The molecule has 2 N–H and O–H groups in total. The van der Waals surface area contributed by atoms with Crippen molar-refractivity contribution in [2.24, 2.45) is 0 Å². The standard InChI is InChI=1S/C34H34O2/c35-33(31-21-27-11-9-23-1-5-25(6-2-23)13-17-29(31)19-15-27)34(36)32-22-28-12-10-24-3-7-26(8-4-24)14-18-30(32)20-16-28/h1-8,15-16,19-22,33-36H,9-14,17-18H2/t33-,34+. The highest BCUT2D eigenvalue weighted by Crippen LogP contribution is 2.35. The lowest BCUT2D eigenvalue weighted by Gasteiger charge is -2.25. The van der Waals surface area contributed by atoms with E-state index in [1.807, 2.05) is 0 Å². The van der Waals surface area contributed by atoms with Crippen LogP contribution in [0.3, 0.4) is 0 Å². The maximum atomic E-state index is 11.6. The Balaban J connectivity index is 1.33. The van der Waals surface area contributed by atoms with E-state index in [2.05, 4.69) is 84.9 Å². The first kappa shape index (κ1) is 23.2. The fraction of sp³-hybridized carbons (Fsp3) is 0.294. The molecule has 0 amide bonds. The highest BCUT2D eigenvalue weighted by Gasteiger charge is 2.26. The van der Waals surface area contributed by atoms with E-state index in [1.165, 1.54) is 33.4 Å². The first-order valence-corrected chi connectivity index (χ1v) is 13.4. The molecule has 0 fully saturated rings. The molecule has 2 atom stereocenters. The Kier molecular flexibility index (Phi) is 6.48. The molecule has 0 aliphatic heterocycles. The molecule has 8 bridgehead atoms. The van der Waals surface area contributed by atoms with Gasteiger partial charge in [0.15, 0.2) is 0 Å². The van der Waals surface area contributed by atoms with Crippen LogP contribution in [0.5, 0.6) is 0 Å². The number of hydrogen-bond donors (Lipinski definition) is 2. The summed E-state index contributed by atoms with van der Waals surface area (Å²) in [6, 6.07) is 30.9. The quantitative estimate of drug-likeness (QED) is 0.370. The van der Waals surface area contributed by atoms with Gasteiger partial charge in [-0.1, -0.05) is 84.9 Å². The van der Waals surface area contributed by atoms with Crippen LogP contribution in [0, 0.1) is 0 Å². The van der Waals surface area contributed by atoms with Gasteiger partial charge >= 0.3 is 0 Å². The third-order valence-electron chi connectivity index (χ3n) is 8.17. The van der Waals surface area contributed by atoms with E-state index in [0.29, 0.717) is 0 Å². The first-order valence-electron chi connectivity index (χ1n) is 13.4. The molecule has 0 saturated heterocycles. The van der Waals surface area contributed by atoms with Crippen molar-refractivity contribution in [3.05, 3.63) is 141 Å². The molecule has 0 unspecified atom stereocenters. The van der Waals surface area contributed by atoms with Gasteiger partial charge in [0.2, 0.25) is 0 Å². The maximum absolute atomic E-state index is 11.6. The number of aliphatic hydroxyl groups excluding tert-OH is 2. The second-order valence-corrected chi connectivity index (χ2v) is 10.6. The van der Waals surface area contributed by atoms with Gasteiger partial charge < -0.3 is 10.2 Å². The third kappa shape index (κ3) is 4.89. The van der Waals surface area contributed by atoms with E-state index in [1.54, 1.807) is 0 Å². The summed E-state index contributed by atoms with van der Waals surface area (Å²) in [6.07, 6.45) is 5.44. The fourth-order valence-electron chi connectivity index (χ4n) is 5.83. The molecule has 8 aliphatic carbocycles. The number of benzene rings is 4. The maximum Gasteiger partial charge on any atom is 0.109 e. The predicted octanol–water partition coefficient (Wildman–Crippen LogP) is 6.22. The van der Waals surface area contributed by atoms with Crippen molar-refractivity contribution < 1.29 is 10.2 Å². The molecule has 4 aromatic carbocycles. The minimum absolute atomic E-state index is 0.848. The van der Waals surface area contributed by atoms with Crippen LogP contribution in [0.4, 0.5) is 0 Å². The van der Waals surface area contributed by atoms with Crippen LogP contribution in [0.1, 0.15) is 67.8 Å². The van der Waals surface area contributed by atoms with Crippen LogP contribution in [0.25, 0.3) is 0 Å². The second-order valence-electron chi connectivity index (χ2n) is 10.6. The number of hydrogen-bond acceptors (Lipinski definition) is 2. The summed E-state index contributed by atoms with van der Waals surface area (Å²) in [7, 11) is 0. The topological polar surface area (TPSA) is 40.5 Å². The summed E-state index contributed by atoms with van der Waals surface area (Å²) in [5.74, 6) is 0. The molecule has 2 nitrogen and oxygen atoms in total. The largest absolute Gasteiger partial charge is 0.385 e. The van der Waals surface area contributed by atoms with E-state index >= 15 is 0 Å². The molecule has 0 saturated carbocycles. The minimum Gasteiger partial charge on any atom is -0.385 e. The molecule has 0 heterocycles. The Morgan fingerprint density at radius 2 is 0.639 bits per heavy atom. The normalized spacial score (nSPS) is 16.6. The number of aryl methyl sites for hydroxylation is 8. The van der Waals surface area contributed by atoms with Crippen molar-refractivity contribution in [3.63, 3.8) is 0 Å². The average molecular weight is 475 g/mol. The summed E-state index contributed by atoms with van der Waals surface area (Å²) in [4.78, 5) is 0. The molecular weight excluding hydrogens is 440 g/mol. The van der Waals surface area contributed by atoms with Gasteiger partial charge in [-0.3, -0.25) is 0 Å². The van der Waals surface area contributed by atoms with E-state index in [9.17, 15) is 10.2 Å². The molecule has 36 heavy (non-hydrogen) atoms. The van der Waals surface area contributed by atoms with E-state index in [0.717, 1.165) is 73.6 Å². The van der Waals surface area contributed by atoms with Crippen LogP contribution in [0.2, 0.25) is 0 Å². The molecule has 0 aromatic heterocycles. The van der Waals surface area contributed by atoms with Crippen molar-refractivity contribution in [3.8, 4) is 0 Å². The average Bonchev–Trinajstić information content (AvgIpc) is 2.91. The van der Waals surface area contributed by atoms with Crippen molar-refractivity contribution in [2.45, 2.75) is 63.6 Å². The zero-order valence-corrected chi connectivity index (χ0v) is 20.8. The zero-order valence-electron chi connectivity index (χ0n) is 20.8. The smallest absolute Gasteiger partial charge is 0.109 e. The van der Waals surface area contributed by atoms with Crippen molar-refractivity contribution >= 4 is 0 Å².